The fourth-order valence-electron chi connectivity index (χ4n) is 1.88. The number of rotatable bonds is 6. The Morgan fingerprint density at radius 3 is 2.85 bits per heavy atom. The molecule has 6 heteroatoms. The molecule has 106 valence electrons. The first-order valence-electron chi connectivity index (χ1n) is 6.25. The first kappa shape index (κ1) is 14.7. The van der Waals surface area contributed by atoms with Crippen LogP contribution in [0.15, 0.2) is 45.5 Å². The van der Waals surface area contributed by atoms with Crippen LogP contribution in [0.4, 0.5) is 5.69 Å². The van der Waals surface area contributed by atoms with Gasteiger partial charge in [0.25, 0.3) is 5.69 Å². The molecule has 0 aliphatic heterocycles. The highest BCUT2D eigenvalue weighted by Crippen LogP contribution is 2.23. The van der Waals surface area contributed by atoms with Crippen LogP contribution in [0, 0.1) is 10.1 Å². The maximum absolute atomic E-state index is 10.7. The number of nitro groups is 1. The second-order valence-corrected chi connectivity index (χ2v) is 5.45. The number of halogens is 1. The number of hydrogen-bond donors (Lipinski definition) is 1. The van der Waals surface area contributed by atoms with E-state index in [1.807, 2.05) is 12.1 Å². The minimum Gasteiger partial charge on any atom is -0.469 e. The molecule has 0 fully saturated rings. The zero-order valence-electron chi connectivity index (χ0n) is 11.0. The Balaban J connectivity index is 1.92. The molecule has 0 aliphatic carbocycles. The summed E-state index contributed by atoms with van der Waals surface area (Å²) in [6, 6.07) is 8.86. The molecule has 0 saturated heterocycles. The Labute approximate surface area is 125 Å². The molecule has 0 radical (unpaired) electrons. The quantitative estimate of drug-likeness (QED) is 0.644. The van der Waals surface area contributed by atoms with Crippen molar-refractivity contribution in [3.05, 3.63) is 62.5 Å². The number of nitrogens with zero attached hydrogens (tertiary/aromatic N) is 1. The number of non-ortho nitro benzene ring substituents is 1. The number of nitrogens with one attached hydrogen (secondary N) is 1. The average molecular weight is 339 g/mol. The number of benzene rings is 1. The Bertz CT molecular complexity index is 584. The summed E-state index contributed by atoms with van der Waals surface area (Å²) in [5.41, 5.74) is 1.08. The zero-order chi connectivity index (χ0) is 14.5. The van der Waals surface area contributed by atoms with Crippen molar-refractivity contribution in [1.82, 2.24) is 5.32 Å². The Morgan fingerprint density at radius 1 is 1.45 bits per heavy atom. The molecular weight excluding hydrogens is 324 g/mol. The van der Waals surface area contributed by atoms with Crippen LogP contribution in [-0.4, -0.2) is 11.0 Å². The van der Waals surface area contributed by atoms with Crippen LogP contribution in [0.3, 0.4) is 0 Å². The van der Waals surface area contributed by atoms with Crippen molar-refractivity contribution >= 4 is 21.6 Å². The standard InChI is InChI=1S/C14H15BrN2O3/c1-10(7-13-3-2-6-20-13)16-9-11-4-5-12(17(18)19)8-14(11)15/h2-6,8,10,16H,7,9H2,1H3. The Morgan fingerprint density at radius 2 is 2.25 bits per heavy atom. The van der Waals surface area contributed by atoms with Gasteiger partial charge in [-0.2, -0.15) is 0 Å². The van der Waals surface area contributed by atoms with Crippen LogP contribution < -0.4 is 5.32 Å². The molecule has 1 aromatic heterocycles. The van der Waals surface area contributed by atoms with E-state index >= 15 is 0 Å². The highest BCUT2D eigenvalue weighted by molar-refractivity contribution is 9.10. The van der Waals surface area contributed by atoms with E-state index in [9.17, 15) is 10.1 Å². The highest BCUT2D eigenvalue weighted by Gasteiger charge is 2.10. The Kier molecular flexibility index (Phi) is 4.92. The monoisotopic (exact) mass is 338 g/mol. The first-order valence-corrected chi connectivity index (χ1v) is 7.04. The lowest BCUT2D eigenvalue weighted by atomic mass is 10.1. The van der Waals surface area contributed by atoms with E-state index in [-0.39, 0.29) is 11.7 Å². The van der Waals surface area contributed by atoms with Gasteiger partial charge in [-0.25, -0.2) is 0 Å². The SMILES string of the molecule is CC(Cc1ccco1)NCc1ccc([N+](=O)[O-])cc1Br. The van der Waals surface area contributed by atoms with Gasteiger partial charge in [0.2, 0.25) is 0 Å². The molecule has 1 aromatic carbocycles. The van der Waals surface area contributed by atoms with Crippen molar-refractivity contribution < 1.29 is 9.34 Å². The lowest BCUT2D eigenvalue weighted by Crippen LogP contribution is -2.27. The van der Waals surface area contributed by atoms with Gasteiger partial charge in [0, 0.05) is 35.6 Å². The van der Waals surface area contributed by atoms with E-state index in [1.54, 1.807) is 12.3 Å². The molecule has 2 rings (SSSR count). The normalized spacial score (nSPS) is 12.3. The second kappa shape index (κ2) is 6.67. The molecule has 0 amide bonds. The maximum Gasteiger partial charge on any atom is 0.270 e. The van der Waals surface area contributed by atoms with Gasteiger partial charge in [-0.05, 0) is 30.7 Å². The maximum atomic E-state index is 10.7. The minimum atomic E-state index is -0.401. The van der Waals surface area contributed by atoms with E-state index in [0.29, 0.717) is 6.54 Å². The molecule has 0 spiro atoms. The van der Waals surface area contributed by atoms with Gasteiger partial charge in [-0.3, -0.25) is 10.1 Å². The minimum absolute atomic E-state index is 0.0873. The zero-order valence-corrected chi connectivity index (χ0v) is 12.6. The molecule has 0 aliphatic rings. The summed E-state index contributed by atoms with van der Waals surface area (Å²) in [5, 5.41) is 14.0. The fourth-order valence-corrected chi connectivity index (χ4v) is 2.39. The second-order valence-electron chi connectivity index (χ2n) is 4.60. The summed E-state index contributed by atoms with van der Waals surface area (Å²) in [4.78, 5) is 10.3. The molecule has 0 saturated carbocycles. The fraction of sp³-hybridized carbons (Fsp3) is 0.286. The average Bonchev–Trinajstić information content (AvgIpc) is 2.90. The van der Waals surface area contributed by atoms with Gasteiger partial charge in [-0.1, -0.05) is 15.9 Å². The third kappa shape index (κ3) is 3.91. The summed E-state index contributed by atoms with van der Waals surface area (Å²) in [7, 11) is 0. The summed E-state index contributed by atoms with van der Waals surface area (Å²) >= 11 is 3.36. The van der Waals surface area contributed by atoms with Crippen LogP contribution in [0.25, 0.3) is 0 Å². The highest BCUT2D eigenvalue weighted by atomic mass is 79.9. The van der Waals surface area contributed by atoms with Crippen molar-refractivity contribution in [2.24, 2.45) is 0 Å². The van der Waals surface area contributed by atoms with Gasteiger partial charge < -0.3 is 9.73 Å². The van der Waals surface area contributed by atoms with Crippen LogP contribution in [0.5, 0.6) is 0 Å². The van der Waals surface area contributed by atoms with Gasteiger partial charge >= 0.3 is 0 Å². The van der Waals surface area contributed by atoms with Crippen molar-refractivity contribution in [2.75, 3.05) is 0 Å². The molecule has 1 N–H and O–H groups in total. The van der Waals surface area contributed by atoms with Gasteiger partial charge in [0.05, 0.1) is 11.2 Å². The predicted octanol–water partition coefficient (Wildman–Crippen LogP) is 3.67. The third-order valence-electron chi connectivity index (χ3n) is 2.98. The molecule has 5 nitrogen and oxygen atoms in total. The van der Waals surface area contributed by atoms with Gasteiger partial charge in [0.1, 0.15) is 5.76 Å². The third-order valence-corrected chi connectivity index (χ3v) is 3.71. The van der Waals surface area contributed by atoms with Crippen molar-refractivity contribution in [3.8, 4) is 0 Å². The summed E-state index contributed by atoms with van der Waals surface area (Å²) in [6.45, 7) is 2.71. The number of nitro benzene ring substituents is 1. The first-order chi connectivity index (χ1) is 9.56. The smallest absolute Gasteiger partial charge is 0.270 e. The van der Waals surface area contributed by atoms with E-state index in [4.69, 9.17) is 4.42 Å². The largest absolute Gasteiger partial charge is 0.469 e. The van der Waals surface area contributed by atoms with E-state index in [0.717, 1.165) is 22.2 Å². The molecule has 1 atom stereocenters. The van der Waals surface area contributed by atoms with E-state index in [1.165, 1.54) is 12.1 Å². The van der Waals surface area contributed by atoms with Crippen LogP contribution in [0.2, 0.25) is 0 Å². The van der Waals surface area contributed by atoms with Crippen molar-refractivity contribution in [1.29, 1.82) is 0 Å². The van der Waals surface area contributed by atoms with Crippen molar-refractivity contribution in [3.63, 3.8) is 0 Å². The molecule has 0 bridgehead atoms. The van der Waals surface area contributed by atoms with Gasteiger partial charge in [-0.15, -0.1) is 0 Å². The number of furan rings is 1. The van der Waals surface area contributed by atoms with Crippen LogP contribution in [-0.2, 0) is 13.0 Å². The molecule has 20 heavy (non-hydrogen) atoms. The summed E-state index contributed by atoms with van der Waals surface area (Å²) < 4.78 is 6.04. The lowest BCUT2D eigenvalue weighted by Gasteiger charge is -2.13. The number of hydrogen-bond acceptors (Lipinski definition) is 4. The summed E-state index contributed by atoms with van der Waals surface area (Å²) in [6.07, 6.45) is 2.46. The molecule has 1 heterocycles. The summed E-state index contributed by atoms with van der Waals surface area (Å²) in [5.74, 6) is 0.938. The van der Waals surface area contributed by atoms with Crippen LogP contribution >= 0.6 is 15.9 Å². The van der Waals surface area contributed by atoms with Crippen LogP contribution in [0.1, 0.15) is 18.2 Å². The van der Waals surface area contributed by atoms with E-state index in [2.05, 4.69) is 28.2 Å². The van der Waals surface area contributed by atoms with Crippen molar-refractivity contribution in [2.45, 2.75) is 25.9 Å². The van der Waals surface area contributed by atoms with Gasteiger partial charge in [0.15, 0.2) is 0 Å². The lowest BCUT2D eigenvalue weighted by molar-refractivity contribution is -0.384. The molecule has 1 unspecified atom stereocenters. The predicted molar refractivity (Wildman–Crippen MR) is 79.5 cm³/mol. The topological polar surface area (TPSA) is 68.3 Å². The van der Waals surface area contributed by atoms with E-state index < -0.39 is 4.92 Å². The Hall–Kier alpha value is -1.66. The molecular formula is C14H15BrN2O3. The molecule has 2 aromatic rings.